The number of nitrogens with one attached hydrogen (secondary N) is 1. The van der Waals surface area contributed by atoms with Crippen LogP contribution in [-0.4, -0.2) is 72.0 Å². The van der Waals surface area contributed by atoms with Crippen LogP contribution in [0.15, 0.2) is 34.9 Å². The van der Waals surface area contributed by atoms with Crippen LogP contribution in [0.25, 0.3) is 0 Å². The van der Waals surface area contributed by atoms with E-state index < -0.39 is 16.3 Å². The van der Waals surface area contributed by atoms with Gasteiger partial charge >= 0.3 is 0 Å². The minimum atomic E-state index is -3.84. The van der Waals surface area contributed by atoms with E-state index in [1.54, 1.807) is 18.7 Å². The molecule has 0 unspecified atom stereocenters. The fourth-order valence-corrected chi connectivity index (χ4v) is 7.03. The molecule has 10 nitrogen and oxygen atoms in total. The molecular weight excluding hydrogens is 490 g/mol. The lowest BCUT2D eigenvalue weighted by molar-refractivity contribution is -0.130. The van der Waals surface area contributed by atoms with Gasteiger partial charge in [-0.1, -0.05) is 19.1 Å². The Balaban J connectivity index is 1.83. The molecule has 0 radical (unpaired) electrons. The van der Waals surface area contributed by atoms with Crippen LogP contribution in [0.2, 0.25) is 0 Å². The number of carbonyl (C=O) groups excluding carboxylic acids is 2. The van der Waals surface area contributed by atoms with Gasteiger partial charge in [-0.15, -0.1) is 11.8 Å². The number of nitrogens with two attached hydrogens (primary N) is 2. The molecule has 6 N–H and O–H groups in total. The van der Waals surface area contributed by atoms with Crippen LogP contribution in [0.3, 0.4) is 0 Å². The first-order chi connectivity index (χ1) is 16.4. The number of carbonyl (C=O) groups is 2. The van der Waals surface area contributed by atoms with E-state index in [2.05, 4.69) is 9.62 Å². The number of aldehydes is 1. The molecule has 2 heterocycles. The van der Waals surface area contributed by atoms with E-state index in [1.165, 1.54) is 11.8 Å². The Morgan fingerprint density at radius 3 is 2.69 bits per heavy atom. The average Bonchev–Trinajstić information content (AvgIpc) is 3.24. The third kappa shape index (κ3) is 7.05. The van der Waals surface area contributed by atoms with Crippen LogP contribution < -0.4 is 15.6 Å². The molecule has 3 rings (SSSR count). The highest BCUT2D eigenvalue weighted by Crippen LogP contribution is 2.45. The predicted octanol–water partition coefficient (Wildman–Crippen LogP) is 0.786. The monoisotopic (exact) mass is 525 g/mol. The van der Waals surface area contributed by atoms with Crippen molar-refractivity contribution in [2.75, 3.05) is 18.8 Å². The maximum atomic E-state index is 12.4. The lowest BCUT2D eigenvalue weighted by Crippen LogP contribution is -2.42. The van der Waals surface area contributed by atoms with Crippen molar-refractivity contribution in [3.8, 4) is 0 Å². The molecule has 0 spiro atoms. The highest BCUT2D eigenvalue weighted by molar-refractivity contribution is 8.03. The van der Waals surface area contributed by atoms with Gasteiger partial charge in [0.15, 0.2) is 6.29 Å². The molecule has 0 bridgehead atoms. The second-order valence-corrected chi connectivity index (χ2v) is 12.1. The Bertz CT molecular complexity index is 1080. The van der Waals surface area contributed by atoms with E-state index in [4.69, 9.17) is 10.9 Å². The molecule has 1 aromatic carbocycles. The molecule has 0 aliphatic carbocycles. The maximum Gasteiger partial charge on any atom is 0.274 e. The fourth-order valence-electron chi connectivity index (χ4n) is 5.02. The van der Waals surface area contributed by atoms with E-state index >= 15 is 0 Å². The minimum Gasteiger partial charge on any atom is -0.399 e. The summed E-state index contributed by atoms with van der Waals surface area (Å²) in [5.41, 5.74) is 7.95. The molecule has 35 heavy (non-hydrogen) atoms. The third-order valence-electron chi connectivity index (χ3n) is 6.51. The fraction of sp³-hybridized carbons (Fsp3) is 0.565. The smallest absolute Gasteiger partial charge is 0.274 e. The highest BCUT2D eigenvalue weighted by atomic mass is 32.2. The van der Waals surface area contributed by atoms with Gasteiger partial charge in [-0.25, -0.2) is 9.86 Å². The Hall–Kier alpha value is -1.96. The third-order valence-corrected chi connectivity index (χ3v) is 8.59. The van der Waals surface area contributed by atoms with Crippen molar-refractivity contribution in [3.05, 3.63) is 40.4 Å². The first kappa shape index (κ1) is 27.6. The Morgan fingerprint density at radius 1 is 1.40 bits per heavy atom. The molecule has 1 fully saturated rings. The number of aliphatic hydroxyl groups is 1. The summed E-state index contributed by atoms with van der Waals surface area (Å²) in [6.45, 7) is 6.47. The molecule has 194 valence electrons. The number of thioether (sulfide) groups is 1. The lowest BCUT2D eigenvalue weighted by Gasteiger charge is -2.28. The number of nitrogen functional groups attached to an aromatic ring is 1. The Morgan fingerprint density at radius 2 is 2.11 bits per heavy atom. The zero-order chi connectivity index (χ0) is 25.9. The van der Waals surface area contributed by atoms with Crippen molar-refractivity contribution in [1.82, 2.24) is 14.5 Å². The predicted molar refractivity (Wildman–Crippen MR) is 137 cm³/mol. The number of amides is 1. The Kier molecular flexibility index (Phi) is 9.00. The zero-order valence-electron chi connectivity index (χ0n) is 20.3. The largest absolute Gasteiger partial charge is 0.399 e. The lowest BCUT2D eigenvalue weighted by atomic mass is 9.98. The van der Waals surface area contributed by atoms with Gasteiger partial charge in [-0.3, -0.25) is 14.5 Å². The van der Waals surface area contributed by atoms with E-state index in [1.807, 2.05) is 31.2 Å². The molecule has 12 heteroatoms. The second kappa shape index (κ2) is 11.4. The van der Waals surface area contributed by atoms with Crippen LogP contribution >= 0.6 is 11.8 Å². The molecule has 1 aromatic rings. The summed E-state index contributed by atoms with van der Waals surface area (Å²) in [6, 6.07) is 7.15. The molecule has 1 saturated heterocycles. The van der Waals surface area contributed by atoms with Crippen molar-refractivity contribution in [1.29, 1.82) is 0 Å². The highest BCUT2D eigenvalue weighted by Gasteiger charge is 2.43. The summed E-state index contributed by atoms with van der Waals surface area (Å²) in [5.74, 6) is -0.340. The van der Waals surface area contributed by atoms with Gasteiger partial charge in [0, 0.05) is 60.4 Å². The summed E-state index contributed by atoms with van der Waals surface area (Å²) in [6.07, 6.45) is 1.14. The number of likely N-dealkylation sites (tertiary alicyclic amines) is 1. The summed E-state index contributed by atoms with van der Waals surface area (Å²) in [4.78, 5) is 29.0. The number of nitrogens with zero attached hydrogens (tertiary/aromatic N) is 2. The van der Waals surface area contributed by atoms with Crippen molar-refractivity contribution < 1.29 is 23.1 Å². The van der Waals surface area contributed by atoms with Gasteiger partial charge in [0.2, 0.25) is 5.91 Å². The molecular formula is C23H35N5O5S2. The van der Waals surface area contributed by atoms with Gasteiger partial charge in [0.05, 0.1) is 11.8 Å². The molecule has 5 atom stereocenters. The van der Waals surface area contributed by atoms with E-state index in [9.17, 15) is 23.1 Å². The van der Waals surface area contributed by atoms with Gasteiger partial charge in [-0.05, 0) is 37.5 Å². The second-order valence-electron chi connectivity index (χ2n) is 9.39. The van der Waals surface area contributed by atoms with Crippen molar-refractivity contribution in [2.45, 2.75) is 63.6 Å². The number of hydrogen-bond acceptors (Lipinski definition) is 8. The number of aliphatic hydroxyl groups excluding tert-OH is 1. The summed E-state index contributed by atoms with van der Waals surface area (Å²) in [7, 11) is -3.84. The SMILES string of the molecule is CC(=O)N1C(C=O)=C(S[C@H]2C[C@@H](CNS(N)(=O)=O)N(Cc3cccc(N)c3)C2)[C@H](C)[C@@H]1C[C@@H](C)O. The number of benzene rings is 1. The van der Waals surface area contributed by atoms with Crippen LogP contribution in [-0.2, 0) is 26.3 Å². The van der Waals surface area contributed by atoms with Gasteiger partial charge in [0.1, 0.15) is 0 Å². The van der Waals surface area contributed by atoms with Gasteiger partial charge in [0.25, 0.3) is 10.2 Å². The number of anilines is 1. The molecule has 0 saturated carbocycles. The van der Waals surface area contributed by atoms with Crippen molar-refractivity contribution >= 4 is 39.9 Å². The summed E-state index contributed by atoms with van der Waals surface area (Å²) in [5, 5.41) is 15.2. The molecule has 2 aliphatic heterocycles. The van der Waals surface area contributed by atoms with E-state index in [-0.39, 0.29) is 35.7 Å². The van der Waals surface area contributed by atoms with Crippen molar-refractivity contribution in [2.24, 2.45) is 11.1 Å². The average molecular weight is 526 g/mol. The van der Waals surface area contributed by atoms with E-state index in [0.717, 1.165) is 16.8 Å². The Labute approximate surface area is 211 Å². The topological polar surface area (TPSA) is 159 Å². The zero-order valence-corrected chi connectivity index (χ0v) is 21.9. The number of allylic oxidation sites excluding steroid dienone is 1. The first-order valence-electron chi connectivity index (χ1n) is 11.6. The number of rotatable bonds is 10. The normalized spacial score (nSPS) is 26.4. The number of hydrogen-bond donors (Lipinski definition) is 4. The van der Waals surface area contributed by atoms with Crippen LogP contribution in [0.1, 0.15) is 39.2 Å². The van der Waals surface area contributed by atoms with Crippen LogP contribution in [0.5, 0.6) is 0 Å². The van der Waals surface area contributed by atoms with Gasteiger partial charge < -0.3 is 15.7 Å². The standard InChI is InChI=1S/C23H35N5O5S2/c1-14(30)7-21-15(2)23(22(13-29)28(21)16(3)31)34-20-9-19(10-26-35(25,32)33)27(12-20)11-17-5-4-6-18(24)8-17/h4-6,8,13-15,19-21,26,30H,7,9-12,24H2,1-3H3,(H2,25,32,33)/t14-,15-,19+,20+,21+/m1/s1. The molecule has 2 aliphatic rings. The minimum absolute atomic E-state index is 0.0647. The molecule has 0 aromatic heterocycles. The van der Waals surface area contributed by atoms with Crippen LogP contribution in [0, 0.1) is 5.92 Å². The summed E-state index contributed by atoms with van der Waals surface area (Å²) < 4.78 is 25.5. The van der Waals surface area contributed by atoms with Crippen LogP contribution in [0.4, 0.5) is 5.69 Å². The summed E-state index contributed by atoms with van der Waals surface area (Å²) >= 11 is 1.56. The van der Waals surface area contributed by atoms with Crippen molar-refractivity contribution in [3.63, 3.8) is 0 Å². The quantitative estimate of drug-likeness (QED) is 0.258. The molecule has 1 amide bonds. The first-order valence-corrected chi connectivity index (χ1v) is 14.0. The maximum absolute atomic E-state index is 12.4. The van der Waals surface area contributed by atoms with E-state index in [0.29, 0.717) is 37.3 Å². The van der Waals surface area contributed by atoms with Gasteiger partial charge in [-0.2, -0.15) is 8.42 Å².